The van der Waals surface area contributed by atoms with Gasteiger partial charge in [0.2, 0.25) is 17.7 Å². The molecule has 20 nitrogen and oxygen atoms in total. The first-order valence-corrected chi connectivity index (χ1v) is 51.0. The van der Waals surface area contributed by atoms with Crippen molar-refractivity contribution in [2.45, 2.75) is 405 Å². The normalized spacial score (nSPS) is 29.6. The molecule has 9 spiro atoms. The van der Waals surface area contributed by atoms with Gasteiger partial charge < -0.3 is 58.9 Å². The van der Waals surface area contributed by atoms with Crippen LogP contribution in [0.3, 0.4) is 0 Å². The molecule has 0 radical (unpaired) electrons. The van der Waals surface area contributed by atoms with Gasteiger partial charge in [0.15, 0.2) is 0 Å². The molecule has 706 valence electrons. The number of ketones is 3. The molecule has 12 aliphatic heterocycles. The number of hydrogen-bond acceptors (Lipinski definition) is 18. The third kappa shape index (κ3) is 27.2. The second-order valence-electron chi connectivity index (χ2n) is 46.2. The predicted octanol–water partition coefficient (Wildman–Crippen LogP) is 16.7. The summed E-state index contributed by atoms with van der Waals surface area (Å²) in [6, 6.07) is 6.10. The van der Waals surface area contributed by atoms with Crippen molar-refractivity contribution in [3.63, 3.8) is 0 Å². The summed E-state index contributed by atoms with van der Waals surface area (Å²) in [7, 11) is 0. The summed E-state index contributed by atoms with van der Waals surface area (Å²) < 4.78 is 10.4. The van der Waals surface area contributed by atoms with Crippen LogP contribution in [0.1, 0.15) is 345 Å². The Morgan fingerprint density at radius 1 is 0.317 bits per heavy atom. The minimum atomic E-state index is -0.0887. The molecule has 6 saturated carbocycles. The van der Waals surface area contributed by atoms with E-state index in [4.69, 9.17) is 9.47 Å². The van der Waals surface area contributed by atoms with Gasteiger partial charge in [0.05, 0.1) is 31.3 Å². The number of hydrogen-bond donors (Lipinski definition) is 2. The fraction of sp³-hybridized carbons (Fsp3) is 0.932. The number of likely N-dealkylation sites (tertiary alicyclic amines) is 9. The monoisotopic (exact) mass is 1720 g/mol. The van der Waals surface area contributed by atoms with Gasteiger partial charge in [-0.3, -0.25) is 38.9 Å². The quantitative estimate of drug-likeness (QED) is 0.0893. The third-order valence-corrected chi connectivity index (χ3v) is 35.6. The summed E-state index contributed by atoms with van der Waals surface area (Å²) >= 11 is 0. The third-order valence-electron chi connectivity index (χ3n) is 35.6. The number of piperidine rings is 10. The SMILES string of the molecule is CC(=O)C1CC12CCN(C(C)C)CC2.CC(=O)C1CC12CCN(C(C)C)CC2.CC(=O)C1CC12CCN(C(C)C)CC2.CC(C)N1CCC2(CC1)CC(=O)N2.CC(C)N1CCC2(CC1)CC(=O)NC(=O)C2.CC(C)N1CCC2(CC1)CC2.CC(C)N1CCC2(CC1)COC2.CCC1CC12CCN(C(C)C)CC2.CCOC(=O)C1CC12CCN(C(C)C)CC2. The number of nitrogens with zero attached hydrogens (tertiary/aromatic N) is 9. The number of β-lactam (4-membered cyclic amide) rings is 1. The highest BCUT2D eigenvalue weighted by Gasteiger charge is 2.62. The average Bonchev–Trinajstić information content (AvgIpc) is 1.61. The molecule has 18 aliphatic rings. The first-order chi connectivity index (χ1) is 58.0. The molecule has 3 amide bonds. The van der Waals surface area contributed by atoms with Gasteiger partial charge in [-0.15, -0.1) is 0 Å². The lowest BCUT2D eigenvalue weighted by Crippen LogP contribution is -2.65. The topological polar surface area (TPSA) is 191 Å². The number of carbonyl (C=O) groups excluding carboxylic acids is 7. The molecule has 5 unspecified atom stereocenters. The molecule has 5 atom stereocenters. The summed E-state index contributed by atoms with van der Waals surface area (Å²) in [6.07, 6.45) is 35.1. The van der Waals surface area contributed by atoms with Gasteiger partial charge in [0.25, 0.3) is 0 Å². The van der Waals surface area contributed by atoms with E-state index in [0.29, 0.717) is 118 Å². The van der Waals surface area contributed by atoms with E-state index in [-0.39, 0.29) is 40.6 Å². The average molecular weight is 1720 g/mol. The minimum absolute atomic E-state index is 0.0369. The zero-order valence-electron chi connectivity index (χ0n) is 83.1. The molecule has 2 N–H and O–H groups in total. The van der Waals surface area contributed by atoms with Crippen LogP contribution in [0.15, 0.2) is 0 Å². The number of rotatable bonds is 15. The second-order valence-corrected chi connectivity index (χ2v) is 46.2. The molecule has 18 fully saturated rings. The summed E-state index contributed by atoms with van der Waals surface area (Å²) in [5, 5.41) is 5.45. The summed E-state index contributed by atoms with van der Waals surface area (Å²) in [5.74, 6) is 3.89. The van der Waals surface area contributed by atoms with Crippen molar-refractivity contribution in [1.29, 1.82) is 0 Å². The van der Waals surface area contributed by atoms with Crippen LogP contribution >= 0.6 is 0 Å². The van der Waals surface area contributed by atoms with Crippen LogP contribution in [0.4, 0.5) is 0 Å². The number of imide groups is 1. The minimum Gasteiger partial charge on any atom is -0.466 e. The van der Waals surface area contributed by atoms with Crippen LogP contribution in [-0.4, -0.2) is 283 Å². The maximum absolute atomic E-state index is 11.7. The van der Waals surface area contributed by atoms with Gasteiger partial charge in [0, 0.05) is 110 Å². The van der Waals surface area contributed by atoms with E-state index in [1.165, 1.54) is 213 Å². The van der Waals surface area contributed by atoms with Crippen molar-refractivity contribution in [1.82, 2.24) is 54.7 Å². The maximum Gasteiger partial charge on any atom is 0.309 e. The molecular formula is C103H185N11O9. The summed E-state index contributed by atoms with van der Waals surface area (Å²) in [4.78, 5) is 102. The molecule has 0 aromatic heterocycles. The molecule has 12 saturated heterocycles. The van der Waals surface area contributed by atoms with Crippen LogP contribution in [0.2, 0.25) is 0 Å². The highest BCUT2D eigenvalue weighted by Crippen LogP contribution is 2.64. The van der Waals surface area contributed by atoms with Crippen LogP contribution in [0.25, 0.3) is 0 Å². The zero-order valence-corrected chi connectivity index (χ0v) is 83.1. The van der Waals surface area contributed by atoms with Crippen LogP contribution in [-0.2, 0) is 43.0 Å². The Kier molecular flexibility index (Phi) is 35.9. The van der Waals surface area contributed by atoms with Crippen molar-refractivity contribution in [2.24, 2.45) is 72.9 Å². The van der Waals surface area contributed by atoms with Crippen LogP contribution < -0.4 is 10.6 Å². The first-order valence-electron chi connectivity index (χ1n) is 51.0. The Morgan fingerprint density at radius 3 is 0.780 bits per heavy atom. The number of ether oxygens (including phenoxy) is 2. The lowest BCUT2D eigenvalue weighted by molar-refractivity contribution is -0.146. The van der Waals surface area contributed by atoms with Gasteiger partial charge in [-0.25, -0.2) is 0 Å². The fourth-order valence-corrected chi connectivity index (χ4v) is 24.5. The Bertz CT molecular complexity index is 3200. The molecule has 0 aromatic carbocycles. The number of esters is 1. The Balaban J connectivity index is 0.000000145. The van der Waals surface area contributed by atoms with E-state index in [0.717, 1.165) is 126 Å². The van der Waals surface area contributed by atoms with Crippen molar-refractivity contribution < 1.29 is 43.0 Å². The number of Topliss-reactive ketones (excluding diaryl/α,β-unsaturated/α-hetero) is 3. The Morgan fingerprint density at radius 2 is 0.561 bits per heavy atom. The van der Waals surface area contributed by atoms with Crippen LogP contribution in [0.5, 0.6) is 0 Å². The van der Waals surface area contributed by atoms with Crippen LogP contribution in [0, 0.1) is 72.9 Å². The highest BCUT2D eigenvalue weighted by atomic mass is 16.5. The van der Waals surface area contributed by atoms with Gasteiger partial charge in [-0.2, -0.15) is 0 Å². The molecule has 6 aliphatic carbocycles. The van der Waals surface area contributed by atoms with Gasteiger partial charge in [-0.1, -0.05) is 13.3 Å². The summed E-state index contributed by atoms with van der Waals surface area (Å²) in [5.41, 5.74) is 4.08. The molecule has 0 bridgehead atoms. The smallest absolute Gasteiger partial charge is 0.309 e. The Labute approximate surface area is 750 Å². The molecule has 123 heavy (non-hydrogen) atoms. The molecule has 12 heterocycles. The van der Waals surface area contributed by atoms with Crippen molar-refractivity contribution >= 4 is 41.0 Å². The van der Waals surface area contributed by atoms with E-state index < -0.39 is 0 Å². The molecular weight excluding hydrogens is 1540 g/mol. The predicted molar refractivity (Wildman–Crippen MR) is 500 cm³/mol. The Hall–Kier alpha value is -3.31. The maximum atomic E-state index is 11.7. The first kappa shape index (κ1) is 102. The van der Waals surface area contributed by atoms with E-state index in [9.17, 15) is 33.6 Å². The van der Waals surface area contributed by atoms with E-state index in [2.05, 4.69) is 186 Å². The van der Waals surface area contributed by atoms with E-state index in [1.807, 2.05) is 6.92 Å². The van der Waals surface area contributed by atoms with Gasteiger partial charge in [-0.05, 0) is 461 Å². The van der Waals surface area contributed by atoms with E-state index in [1.54, 1.807) is 20.8 Å². The standard InChI is InChI=1S/C13H23NO2.C12H20N2O2.3C12H21NO.C12H23N.C10H18N2O.C10H19NO.C10H19N/c1-4-16-12(15)11-9-13(11)5-7-14(8-6-13)10(2)3;1-9(2)14-5-3-12(4-6-14)7-10(15)13-11(16)8-12;3*1-9(2)13-6-4-12(5-7-13)8-11(12)10(3)14;1-4-11-9-12(11)5-7-13(8-6-12)10(2)3;1-8(2)12-5-3-10(4-6-12)7-9(13)11-10;1-9(2)11-5-3-10(4-6-11)7-12-8-10;1-9(2)11-7-5-10(3-4-10)6-8-11/h10-11H,4-9H2,1-3H3;9H,3-8H2,1-2H3,(H,13,15,16);3*9,11H,4-8H2,1-3H3;10-11H,4-9H2,1-3H3;8H,3-7H2,1-2H3,(H,11,13);9H,3-8H2,1-2H3;9H,3-8H2,1-2H3. The second kappa shape index (κ2) is 43.4. The number of amides is 3. The van der Waals surface area contributed by atoms with Crippen molar-refractivity contribution in [3.05, 3.63) is 0 Å². The molecule has 20 heteroatoms. The fourth-order valence-electron chi connectivity index (χ4n) is 24.5. The number of nitrogens with one attached hydrogen (secondary N) is 2. The zero-order chi connectivity index (χ0) is 90.0. The number of carbonyl (C=O) groups is 7. The largest absolute Gasteiger partial charge is 0.466 e. The summed E-state index contributed by atoms with van der Waals surface area (Å²) in [6.45, 7) is 74.6. The lowest BCUT2D eigenvalue weighted by atomic mass is 9.71. The van der Waals surface area contributed by atoms with Crippen molar-refractivity contribution in [2.75, 3.05) is 138 Å². The highest BCUT2D eigenvalue weighted by molar-refractivity contribution is 5.98. The molecule has 0 aromatic rings. The molecule has 18 rings (SSSR count). The van der Waals surface area contributed by atoms with Gasteiger partial charge >= 0.3 is 5.97 Å². The lowest BCUT2D eigenvalue weighted by Gasteiger charge is -2.48. The van der Waals surface area contributed by atoms with Gasteiger partial charge in [0.1, 0.15) is 17.3 Å². The van der Waals surface area contributed by atoms with Crippen molar-refractivity contribution in [3.8, 4) is 0 Å². The van der Waals surface area contributed by atoms with E-state index >= 15 is 0 Å².